The van der Waals surface area contributed by atoms with E-state index in [9.17, 15) is 14.4 Å². The van der Waals surface area contributed by atoms with Gasteiger partial charge in [0.25, 0.3) is 0 Å². The molecule has 7 nitrogen and oxygen atoms in total. The molecule has 0 bridgehead atoms. The lowest BCUT2D eigenvalue weighted by Gasteiger charge is -2.31. The van der Waals surface area contributed by atoms with Crippen LogP contribution in [0.25, 0.3) is 0 Å². The summed E-state index contributed by atoms with van der Waals surface area (Å²) in [6.45, 7) is 5.31. The Kier molecular flexibility index (Phi) is 5.98. The zero-order valence-corrected chi connectivity index (χ0v) is 16.7. The highest BCUT2D eigenvalue weighted by atomic mass is 127. The van der Waals surface area contributed by atoms with E-state index in [1.165, 1.54) is 7.11 Å². The van der Waals surface area contributed by atoms with Crippen molar-refractivity contribution >= 4 is 40.6 Å². The molecule has 4 atom stereocenters. The van der Waals surface area contributed by atoms with Gasteiger partial charge in [-0.15, -0.1) is 0 Å². The second kappa shape index (κ2) is 7.45. The van der Waals surface area contributed by atoms with Crippen LogP contribution in [0.2, 0.25) is 0 Å². The second-order valence-electron chi connectivity index (χ2n) is 7.22. The van der Waals surface area contributed by atoms with E-state index < -0.39 is 29.7 Å². The Hall–Kier alpha value is -1.06. The number of carbonyl (C=O) groups excluding carboxylic acids is 3. The molecule has 0 radical (unpaired) electrons. The highest BCUT2D eigenvalue weighted by Crippen LogP contribution is 2.35. The molecule has 2 aliphatic rings. The third-order valence-electron chi connectivity index (χ3n) is 4.29. The van der Waals surface area contributed by atoms with Crippen molar-refractivity contribution in [2.75, 3.05) is 7.11 Å². The van der Waals surface area contributed by atoms with Crippen molar-refractivity contribution in [1.82, 2.24) is 10.2 Å². The molecule has 1 N–H and O–H groups in total. The van der Waals surface area contributed by atoms with E-state index in [1.807, 2.05) is 0 Å². The summed E-state index contributed by atoms with van der Waals surface area (Å²) in [6.07, 6.45) is 2.09. The number of fused-ring (bicyclic) bond motifs is 1. The number of esters is 1. The molecule has 2 aliphatic heterocycles. The molecule has 0 spiro atoms. The Morgan fingerprint density at radius 1 is 1.21 bits per heavy atom. The average molecular weight is 452 g/mol. The minimum absolute atomic E-state index is 0.00707. The zero-order chi connectivity index (χ0) is 18.1. The highest BCUT2D eigenvalue weighted by molar-refractivity contribution is 14.1. The molecule has 0 aromatic rings. The number of hydrogen-bond donors (Lipinski definition) is 1. The van der Waals surface area contributed by atoms with E-state index >= 15 is 0 Å². The van der Waals surface area contributed by atoms with Crippen LogP contribution in [0.5, 0.6) is 0 Å². The Balaban J connectivity index is 2.16. The molecule has 2 saturated heterocycles. The average Bonchev–Trinajstić information content (AvgIpc) is 2.88. The third kappa shape index (κ3) is 4.31. The van der Waals surface area contributed by atoms with Crippen LogP contribution in [-0.2, 0) is 19.1 Å². The predicted molar refractivity (Wildman–Crippen MR) is 95.9 cm³/mol. The van der Waals surface area contributed by atoms with E-state index in [4.69, 9.17) is 9.47 Å². The fraction of sp³-hybridized carbons (Fsp3) is 0.812. The molecule has 0 aromatic heterocycles. The molecule has 2 amide bonds. The molecule has 2 rings (SSSR count). The fourth-order valence-electron chi connectivity index (χ4n) is 3.28. The zero-order valence-electron chi connectivity index (χ0n) is 14.5. The van der Waals surface area contributed by atoms with Crippen LogP contribution in [0.15, 0.2) is 0 Å². The van der Waals surface area contributed by atoms with Crippen molar-refractivity contribution in [2.24, 2.45) is 0 Å². The molecule has 0 saturated carbocycles. The Labute approximate surface area is 155 Å². The van der Waals surface area contributed by atoms with E-state index in [2.05, 4.69) is 27.9 Å². The maximum Gasteiger partial charge on any atom is 0.408 e. The molecule has 2 fully saturated rings. The lowest BCUT2D eigenvalue weighted by atomic mass is 10.1. The first-order valence-corrected chi connectivity index (χ1v) is 9.42. The van der Waals surface area contributed by atoms with Gasteiger partial charge in [0.05, 0.1) is 7.11 Å². The number of alkyl carbamates (subject to hydrolysis) is 1. The quantitative estimate of drug-likeness (QED) is 0.394. The van der Waals surface area contributed by atoms with Crippen molar-refractivity contribution in [2.45, 2.75) is 74.1 Å². The number of hydrogen-bond acceptors (Lipinski definition) is 5. The summed E-state index contributed by atoms with van der Waals surface area (Å²) < 4.78 is 10.3. The van der Waals surface area contributed by atoms with Crippen molar-refractivity contribution in [3.05, 3.63) is 0 Å². The van der Waals surface area contributed by atoms with Gasteiger partial charge in [-0.05, 0) is 46.5 Å². The number of rotatable bonds is 2. The Bertz CT molecular complexity index is 519. The Morgan fingerprint density at radius 3 is 2.46 bits per heavy atom. The molecular weight excluding hydrogens is 427 g/mol. The van der Waals surface area contributed by atoms with Crippen molar-refractivity contribution in [3.8, 4) is 0 Å². The third-order valence-corrected chi connectivity index (χ3v) is 5.75. The lowest BCUT2D eigenvalue weighted by Crippen LogP contribution is -2.54. The van der Waals surface area contributed by atoms with Crippen LogP contribution in [0, 0.1) is 0 Å². The van der Waals surface area contributed by atoms with Gasteiger partial charge < -0.3 is 19.7 Å². The Morgan fingerprint density at radius 2 is 1.88 bits per heavy atom. The summed E-state index contributed by atoms with van der Waals surface area (Å²) in [4.78, 5) is 38.6. The van der Waals surface area contributed by atoms with Crippen molar-refractivity contribution < 1.29 is 23.9 Å². The van der Waals surface area contributed by atoms with Crippen LogP contribution < -0.4 is 5.32 Å². The van der Waals surface area contributed by atoms with Gasteiger partial charge in [-0.1, -0.05) is 22.6 Å². The van der Waals surface area contributed by atoms with Gasteiger partial charge in [0.1, 0.15) is 17.7 Å². The van der Waals surface area contributed by atoms with Crippen LogP contribution >= 0.6 is 22.6 Å². The van der Waals surface area contributed by atoms with Crippen molar-refractivity contribution in [1.29, 1.82) is 0 Å². The number of carbonyl (C=O) groups is 3. The highest BCUT2D eigenvalue weighted by Gasteiger charge is 2.48. The molecule has 0 aliphatic carbocycles. The maximum atomic E-state index is 12.9. The van der Waals surface area contributed by atoms with Crippen molar-refractivity contribution in [3.63, 3.8) is 0 Å². The molecule has 0 unspecified atom stereocenters. The van der Waals surface area contributed by atoms with Crippen LogP contribution in [-0.4, -0.2) is 57.6 Å². The summed E-state index contributed by atoms with van der Waals surface area (Å²) in [7, 11) is 1.33. The van der Waals surface area contributed by atoms with Crippen LogP contribution in [0.3, 0.4) is 0 Å². The summed E-state index contributed by atoms with van der Waals surface area (Å²) >= 11 is 2.33. The number of alkyl halides is 1. The molecule has 136 valence electrons. The van der Waals surface area contributed by atoms with Gasteiger partial charge in [0.15, 0.2) is 0 Å². The van der Waals surface area contributed by atoms with E-state index in [-0.39, 0.29) is 15.9 Å². The second-order valence-corrected chi connectivity index (χ2v) is 8.82. The van der Waals surface area contributed by atoms with Gasteiger partial charge in [-0.3, -0.25) is 4.79 Å². The van der Waals surface area contributed by atoms with Gasteiger partial charge in [0, 0.05) is 9.97 Å². The first-order valence-electron chi connectivity index (χ1n) is 8.17. The van der Waals surface area contributed by atoms with Gasteiger partial charge in [0.2, 0.25) is 5.91 Å². The number of nitrogens with zero attached hydrogens (tertiary/aromatic N) is 1. The molecule has 0 aromatic carbocycles. The molecule has 8 heteroatoms. The summed E-state index contributed by atoms with van der Waals surface area (Å²) in [6, 6.07) is -1.23. The smallest absolute Gasteiger partial charge is 0.408 e. The standard InChI is InChI=1S/C16H25IN2O5/c1-16(2,3)24-15(22)18-10-6-5-9(17)11-7-8-12(14(21)23-4)19(11)13(10)20/h9-12H,5-8H2,1-4H3,(H,18,22)/t9-,10+,11+,12+/m1/s1. The number of methoxy groups -OCH3 is 1. The van der Waals surface area contributed by atoms with E-state index in [0.717, 1.165) is 12.8 Å². The summed E-state index contributed by atoms with van der Waals surface area (Å²) in [5.74, 6) is -0.620. The SMILES string of the molecule is COC(=O)[C@@H]1CC[C@H]2[C@H](I)CC[C@H](NC(=O)OC(C)(C)C)C(=O)N12. The largest absolute Gasteiger partial charge is 0.467 e. The van der Waals surface area contributed by atoms with E-state index in [1.54, 1.807) is 25.7 Å². The molecular formula is C16H25IN2O5. The van der Waals surface area contributed by atoms with Gasteiger partial charge >= 0.3 is 12.1 Å². The number of ether oxygens (including phenoxy) is 2. The predicted octanol–water partition coefficient (Wildman–Crippen LogP) is 2.01. The number of halogens is 1. The fourth-order valence-corrected chi connectivity index (χ4v) is 4.35. The normalized spacial score (nSPS) is 30.4. The summed E-state index contributed by atoms with van der Waals surface area (Å²) in [5, 5.41) is 2.67. The topological polar surface area (TPSA) is 84.9 Å². The molecule has 2 heterocycles. The summed E-state index contributed by atoms with van der Waals surface area (Å²) in [5.41, 5.74) is -0.631. The maximum absolute atomic E-state index is 12.9. The number of nitrogens with one attached hydrogen (secondary N) is 1. The van der Waals surface area contributed by atoms with Gasteiger partial charge in [-0.25, -0.2) is 9.59 Å². The first kappa shape index (κ1) is 19.3. The minimum Gasteiger partial charge on any atom is -0.467 e. The molecule has 24 heavy (non-hydrogen) atoms. The van der Waals surface area contributed by atoms with E-state index in [0.29, 0.717) is 12.8 Å². The lowest BCUT2D eigenvalue weighted by molar-refractivity contribution is -0.152. The monoisotopic (exact) mass is 452 g/mol. The van der Waals surface area contributed by atoms with Gasteiger partial charge in [-0.2, -0.15) is 0 Å². The number of amides is 2. The van der Waals surface area contributed by atoms with Crippen LogP contribution in [0.4, 0.5) is 4.79 Å². The van der Waals surface area contributed by atoms with Crippen LogP contribution in [0.1, 0.15) is 46.5 Å². The minimum atomic E-state index is -0.674. The first-order chi connectivity index (χ1) is 11.1.